The lowest BCUT2D eigenvalue weighted by Gasteiger charge is -2.15. The molecule has 0 bridgehead atoms. The number of rotatable bonds is 7. The summed E-state index contributed by atoms with van der Waals surface area (Å²) >= 11 is 0. The molecule has 1 saturated carbocycles. The molecule has 2 aliphatic rings. The molecule has 1 aromatic carbocycles. The summed E-state index contributed by atoms with van der Waals surface area (Å²) in [5, 5.41) is 6.11. The molecule has 1 aliphatic heterocycles. The van der Waals surface area contributed by atoms with Crippen LogP contribution in [-0.2, 0) is 11.3 Å². The fraction of sp³-hybridized carbons (Fsp3) is 0.571. The number of hydrogen-bond acceptors (Lipinski definition) is 3. The molecule has 7 nitrogen and oxygen atoms in total. The number of carbonyl (C=O) groups is 2. The molecule has 3 amide bonds. The van der Waals surface area contributed by atoms with Gasteiger partial charge in [0.15, 0.2) is 0 Å². The molecule has 0 atom stereocenters. The van der Waals surface area contributed by atoms with Crippen LogP contribution in [0.4, 0.5) is 10.7 Å². The summed E-state index contributed by atoms with van der Waals surface area (Å²) in [6.45, 7) is 2.06. The predicted octanol–water partition coefficient (Wildman–Crippen LogP) is 3.19. The number of amides is 3. The lowest BCUT2D eigenvalue weighted by molar-refractivity contribution is -0.121. The van der Waals surface area contributed by atoms with Crippen molar-refractivity contribution in [1.29, 1.82) is 0 Å². The number of hydrogen-bond donors (Lipinski definition) is 2. The van der Waals surface area contributed by atoms with Crippen LogP contribution in [0.25, 0.3) is 11.0 Å². The normalized spacial score (nSPS) is 16.5. The largest absolute Gasteiger partial charge is 0.353 e. The monoisotopic (exact) mass is 383 g/mol. The van der Waals surface area contributed by atoms with Gasteiger partial charge in [0.05, 0.1) is 11.0 Å². The highest BCUT2D eigenvalue weighted by molar-refractivity contribution is 5.93. The number of nitrogens with zero attached hydrogens (tertiary/aromatic N) is 3. The van der Waals surface area contributed by atoms with Crippen LogP contribution in [0.3, 0.4) is 0 Å². The Balaban J connectivity index is 1.15. The van der Waals surface area contributed by atoms with Gasteiger partial charge in [-0.2, -0.15) is 0 Å². The van der Waals surface area contributed by atoms with Gasteiger partial charge in [0, 0.05) is 32.1 Å². The number of benzene rings is 1. The van der Waals surface area contributed by atoms with E-state index in [4.69, 9.17) is 0 Å². The van der Waals surface area contributed by atoms with E-state index in [1.165, 1.54) is 12.8 Å². The number of anilines is 1. The maximum absolute atomic E-state index is 12.5. The summed E-state index contributed by atoms with van der Waals surface area (Å²) in [5.41, 5.74) is 1.99. The quantitative estimate of drug-likeness (QED) is 0.721. The molecule has 0 radical (unpaired) electrons. The van der Waals surface area contributed by atoms with E-state index >= 15 is 0 Å². The zero-order chi connectivity index (χ0) is 19.3. The first kappa shape index (κ1) is 18.8. The van der Waals surface area contributed by atoms with Crippen LogP contribution in [0.2, 0.25) is 0 Å². The number of urea groups is 1. The van der Waals surface area contributed by atoms with E-state index in [1.807, 2.05) is 24.3 Å². The molecule has 2 heterocycles. The third-order valence-electron chi connectivity index (χ3n) is 5.75. The van der Waals surface area contributed by atoms with Crippen LogP contribution in [0.1, 0.15) is 51.4 Å². The van der Waals surface area contributed by atoms with Crippen molar-refractivity contribution < 1.29 is 9.59 Å². The minimum absolute atomic E-state index is 0.0898. The number of nitrogens with one attached hydrogen (secondary N) is 2. The molecule has 150 valence electrons. The highest BCUT2D eigenvalue weighted by atomic mass is 16.2. The van der Waals surface area contributed by atoms with Crippen LogP contribution < -0.4 is 15.5 Å². The number of fused-ring (bicyclic) bond motifs is 3. The van der Waals surface area contributed by atoms with E-state index < -0.39 is 0 Å². The molecular weight excluding hydrogens is 354 g/mol. The summed E-state index contributed by atoms with van der Waals surface area (Å²) in [4.78, 5) is 30.7. The van der Waals surface area contributed by atoms with Crippen molar-refractivity contribution in [1.82, 2.24) is 20.2 Å². The van der Waals surface area contributed by atoms with E-state index in [-0.39, 0.29) is 11.9 Å². The number of carbonyl (C=O) groups excluding carboxylic acids is 2. The average Bonchev–Trinajstić information content (AvgIpc) is 3.41. The summed E-state index contributed by atoms with van der Waals surface area (Å²) in [7, 11) is 0. The lowest BCUT2D eigenvalue weighted by Crippen LogP contribution is -2.39. The van der Waals surface area contributed by atoms with Crippen molar-refractivity contribution in [2.45, 2.75) is 64.0 Å². The second kappa shape index (κ2) is 8.63. The Bertz CT molecular complexity index is 840. The summed E-state index contributed by atoms with van der Waals surface area (Å²) in [5.74, 6) is 0.897. The smallest absolute Gasteiger partial charge is 0.324 e. The van der Waals surface area contributed by atoms with Crippen LogP contribution in [0.15, 0.2) is 24.3 Å². The Morgan fingerprint density at radius 1 is 1.07 bits per heavy atom. The van der Waals surface area contributed by atoms with E-state index in [2.05, 4.69) is 20.2 Å². The molecule has 1 aliphatic carbocycles. The van der Waals surface area contributed by atoms with Gasteiger partial charge in [0.1, 0.15) is 0 Å². The predicted molar refractivity (Wildman–Crippen MR) is 109 cm³/mol. The van der Waals surface area contributed by atoms with Crippen LogP contribution >= 0.6 is 0 Å². The summed E-state index contributed by atoms with van der Waals surface area (Å²) in [6, 6.07) is 8.28. The first-order valence-electron chi connectivity index (χ1n) is 10.5. The van der Waals surface area contributed by atoms with Gasteiger partial charge < -0.3 is 15.2 Å². The molecule has 2 aromatic rings. The number of aromatic nitrogens is 2. The Labute approximate surface area is 165 Å². The highest BCUT2D eigenvalue weighted by Crippen LogP contribution is 2.27. The third-order valence-corrected chi connectivity index (χ3v) is 5.75. The van der Waals surface area contributed by atoms with Gasteiger partial charge in [-0.1, -0.05) is 31.4 Å². The highest BCUT2D eigenvalue weighted by Gasteiger charge is 2.27. The zero-order valence-electron chi connectivity index (χ0n) is 16.3. The Hall–Kier alpha value is -2.57. The van der Waals surface area contributed by atoms with Crippen molar-refractivity contribution in [3.8, 4) is 0 Å². The minimum Gasteiger partial charge on any atom is -0.353 e. The molecule has 1 aromatic heterocycles. The van der Waals surface area contributed by atoms with Gasteiger partial charge in [-0.15, -0.1) is 0 Å². The van der Waals surface area contributed by atoms with Crippen LogP contribution in [-0.4, -0.2) is 40.6 Å². The number of imidazole rings is 1. The topological polar surface area (TPSA) is 79.3 Å². The van der Waals surface area contributed by atoms with E-state index in [0.717, 1.165) is 55.6 Å². The minimum atomic E-state index is -0.0898. The molecule has 0 unspecified atom stereocenters. The van der Waals surface area contributed by atoms with Crippen molar-refractivity contribution in [3.05, 3.63) is 24.3 Å². The van der Waals surface area contributed by atoms with Crippen molar-refractivity contribution in [3.63, 3.8) is 0 Å². The van der Waals surface area contributed by atoms with E-state index in [9.17, 15) is 9.59 Å². The van der Waals surface area contributed by atoms with E-state index in [0.29, 0.717) is 25.6 Å². The van der Waals surface area contributed by atoms with Gasteiger partial charge in [0.2, 0.25) is 11.9 Å². The molecule has 28 heavy (non-hydrogen) atoms. The first-order valence-corrected chi connectivity index (χ1v) is 10.5. The van der Waals surface area contributed by atoms with Crippen molar-refractivity contribution in [2.24, 2.45) is 0 Å². The SMILES string of the molecule is O=C(CCCCCNC(=O)N1CCn2c1nc1ccccc12)NC1CCCC1. The molecule has 7 heteroatoms. The number of para-hydroxylation sites is 2. The maximum atomic E-state index is 12.5. The molecule has 0 spiro atoms. The lowest BCUT2D eigenvalue weighted by atomic mass is 10.1. The first-order chi connectivity index (χ1) is 13.7. The fourth-order valence-corrected chi connectivity index (χ4v) is 4.23. The van der Waals surface area contributed by atoms with Gasteiger partial charge in [-0.05, 0) is 37.8 Å². The van der Waals surface area contributed by atoms with Crippen LogP contribution in [0, 0.1) is 0 Å². The molecule has 0 saturated heterocycles. The standard InChI is InChI=1S/C21H29N5O2/c27-19(23-16-8-3-4-9-16)12-2-1-7-13-22-21(28)26-15-14-25-18-11-6-5-10-17(18)24-20(25)26/h5-6,10-11,16H,1-4,7-9,12-15H2,(H,22,28)(H,23,27). The van der Waals surface area contributed by atoms with Crippen molar-refractivity contribution >= 4 is 28.9 Å². The molecule has 1 fully saturated rings. The van der Waals surface area contributed by atoms with Gasteiger partial charge >= 0.3 is 6.03 Å². The van der Waals surface area contributed by atoms with Crippen molar-refractivity contribution in [2.75, 3.05) is 18.0 Å². The Morgan fingerprint density at radius 2 is 1.89 bits per heavy atom. The van der Waals surface area contributed by atoms with Crippen LogP contribution in [0.5, 0.6) is 0 Å². The second-order valence-electron chi connectivity index (χ2n) is 7.80. The van der Waals surface area contributed by atoms with Gasteiger partial charge in [-0.3, -0.25) is 9.69 Å². The van der Waals surface area contributed by atoms with Gasteiger partial charge in [-0.25, -0.2) is 9.78 Å². The average molecular weight is 383 g/mol. The summed E-state index contributed by atoms with van der Waals surface area (Å²) in [6.07, 6.45) is 8.00. The molecule has 4 rings (SSSR count). The number of unbranched alkanes of at least 4 members (excludes halogenated alkanes) is 2. The molecule has 2 N–H and O–H groups in total. The second-order valence-corrected chi connectivity index (χ2v) is 7.80. The maximum Gasteiger partial charge on any atom is 0.324 e. The summed E-state index contributed by atoms with van der Waals surface area (Å²) < 4.78 is 2.10. The third kappa shape index (κ3) is 4.13. The van der Waals surface area contributed by atoms with E-state index in [1.54, 1.807) is 4.90 Å². The Morgan fingerprint density at radius 3 is 2.75 bits per heavy atom. The Kier molecular flexibility index (Phi) is 5.78. The zero-order valence-corrected chi connectivity index (χ0v) is 16.3. The fourth-order valence-electron chi connectivity index (χ4n) is 4.23. The molecular formula is C21H29N5O2. The van der Waals surface area contributed by atoms with Gasteiger partial charge in [0.25, 0.3) is 0 Å².